The third-order valence-corrected chi connectivity index (χ3v) is 3.95. The Hall–Kier alpha value is -2.41. The summed E-state index contributed by atoms with van der Waals surface area (Å²) in [5, 5.41) is 9.80. The first-order chi connectivity index (χ1) is 10.7. The highest BCUT2D eigenvalue weighted by Crippen LogP contribution is 2.24. The van der Waals surface area contributed by atoms with Crippen LogP contribution >= 0.6 is 0 Å². The molecule has 1 aliphatic heterocycles. The molecule has 3 rings (SSSR count). The Balaban J connectivity index is 1.77. The molecule has 116 valence electrons. The van der Waals surface area contributed by atoms with Crippen molar-refractivity contribution in [3.63, 3.8) is 0 Å². The molecule has 22 heavy (non-hydrogen) atoms. The summed E-state index contributed by atoms with van der Waals surface area (Å²) in [6.07, 6.45) is 3.32. The van der Waals surface area contributed by atoms with Crippen molar-refractivity contribution in [1.29, 1.82) is 0 Å². The van der Waals surface area contributed by atoms with Gasteiger partial charge in [0.15, 0.2) is 0 Å². The molecule has 1 saturated heterocycles. The molecule has 2 aromatic heterocycles. The maximum atomic E-state index is 12.5. The fourth-order valence-electron chi connectivity index (χ4n) is 2.49. The van der Waals surface area contributed by atoms with E-state index in [-0.39, 0.29) is 18.2 Å². The molecule has 0 bridgehead atoms. The highest BCUT2D eigenvalue weighted by atomic mass is 16.5. The van der Waals surface area contributed by atoms with Crippen LogP contribution in [0.3, 0.4) is 0 Å². The number of aromatic nitrogens is 3. The molecule has 0 aliphatic carbocycles. The van der Waals surface area contributed by atoms with Crippen LogP contribution in [0.5, 0.6) is 0 Å². The van der Waals surface area contributed by atoms with E-state index >= 15 is 0 Å². The van der Waals surface area contributed by atoms with E-state index in [1.54, 1.807) is 17.3 Å². The van der Waals surface area contributed by atoms with Gasteiger partial charge in [-0.2, -0.15) is 5.10 Å². The van der Waals surface area contributed by atoms with Gasteiger partial charge in [-0.3, -0.25) is 10.1 Å². The molecular formula is C15H19N5O2. The van der Waals surface area contributed by atoms with Crippen molar-refractivity contribution < 1.29 is 9.53 Å². The van der Waals surface area contributed by atoms with Crippen molar-refractivity contribution >= 4 is 11.7 Å². The molecule has 2 amide bonds. The number of anilines is 1. The van der Waals surface area contributed by atoms with Crippen LogP contribution in [0.1, 0.15) is 13.8 Å². The van der Waals surface area contributed by atoms with Crippen LogP contribution in [0.2, 0.25) is 0 Å². The van der Waals surface area contributed by atoms with Gasteiger partial charge in [0.1, 0.15) is 5.69 Å². The van der Waals surface area contributed by atoms with Gasteiger partial charge in [-0.05, 0) is 26.0 Å². The van der Waals surface area contributed by atoms with E-state index in [9.17, 15) is 4.79 Å². The Labute approximate surface area is 128 Å². The monoisotopic (exact) mass is 301 g/mol. The summed E-state index contributed by atoms with van der Waals surface area (Å²) in [5.41, 5.74) is 2.05. The Morgan fingerprint density at radius 1 is 1.45 bits per heavy atom. The Morgan fingerprint density at radius 3 is 3.09 bits per heavy atom. The average molecular weight is 301 g/mol. The van der Waals surface area contributed by atoms with Crippen LogP contribution < -0.4 is 5.32 Å². The van der Waals surface area contributed by atoms with Crippen LogP contribution in [0.4, 0.5) is 10.5 Å². The minimum Gasteiger partial charge on any atom is -0.375 e. The summed E-state index contributed by atoms with van der Waals surface area (Å²) in [7, 11) is 0. The van der Waals surface area contributed by atoms with Gasteiger partial charge in [0.2, 0.25) is 0 Å². The molecule has 0 saturated carbocycles. The zero-order valence-electron chi connectivity index (χ0n) is 12.6. The predicted octanol–water partition coefficient (Wildman–Crippen LogP) is 2.11. The molecule has 2 atom stereocenters. The number of aromatic amines is 1. The fraction of sp³-hybridized carbons (Fsp3) is 0.400. The van der Waals surface area contributed by atoms with Crippen molar-refractivity contribution in [3.05, 3.63) is 30.6 Å². The molecule has 0 aromatic carbocycles. The van der Waals surface area contributed by atoms with E-state index in [1.807, 2.05) is 32.0 Å². The van der Waals surface area contributed by atoms with Gasteiger partial charge in [0, 0.05) is 12.7 Å². The third-order valence-electron chi connectivity index (χ3n) is 3.95. The molecule has 3 heterocycles. The summed E-state index contributed by atoms with van der Waals surface area (Å²) in [6, 6.07) is 5.47. The number of urea groups is 1. The second-order valence-corrected chi connectivity index (χ2v) is 5.31. The lowest BCUT2D eigenvalue weighted by Crippen LogP contribution is -2.52. The largest absolute Gasteiger partial charge is 0.375 e. The standard InChI is InChI=1S/C15H19N5O2/c1-10-11(2)22-8-7-20(10)15(21)18-13-9-17-19-14(13)12-5-3-4-6-16-12/h3-6,9-11H,7-8H2,1-2H3,(H,17,19)(H,18,21)/t10-,11+/m0/s1. The number of amides is 2. The number of ether oxygens (including phenoxy) is 1. The van der Waals surface area contributed by atoms with E-state index in [4.69, 9.17) is 4.74 Å². The smallest absolute Gasteiger partial charge is 0.322 e. The van der Waals surface area contributed by atoms with E-state index in [2.05, 4.69) is 20.5 Å². The summed E-state index contributed by atoms with van der Waals surface area (Å²) in [4.78, 5) is 18.6. The van der Waals surface area contributed by atoms with Crippen molar-refractivity contribution in [2.45, 2.75) is 26.0 Å². The number of nitrogens with zero attached hydrogens (tertiary/aromatic N) is 3. The van der Waals surface area contributed by atoms with Gasteiger partial charge < -0.3 is 15.0 Å². The van der Waals surface area contributed by atoms with Gasteiger partial charge >= 0.3 is 6.03 Å². The second kappa shape index (κ2) is 6.15. The first kappa shape index (κ1) is 14.5. The number of carbonyl (C=O) groups is 1. The maximum absolute atomic E-state index is 12.5. The topological polar surface area (TPSA) is 83.1 Å². The number of rotatable bonds is 2. The van der Waals surface area contributed by atoms with E-state index < -0.39 is 0 Å². The van der Waals surface area contributed by atoms with Crippen LogP contribution in [0, 0.1) is 0 Å². The second-order valence-electron chi connectivity index (χ2n) is 5.31. The summed E-state index contributed by atoms with van der Waals surface area (Å²) >= 11 is 0. The Kier molecular flexibility index (Phi) is 4.06. The molecule has 7 heteroatoms. The average Bonchev–Trinajstić information content (AvgIpc) is 2.99. The number of nitrogens with one attached hydrogen (secondary N) is 2. The summed E-state index contributed by atoms with van der Waals surface area (Å²) in [6.45, 7) is 5.09. The van der Waals surface area contributed by atoms with Crippen LogP contribution in [-0.4, -0.2) is 51.4 Å². The predicted molar refractivity (Wildman–Crippen MR) is 82.4 cm³/mol. The van der Waals surface area contributed by atoms with E-state index in [1.165, 1.54) is 0 Å². The first-order valence-electron chi connectivity index (χ1n) is 7.31. The van der Waals surface area contributed by atoms with Gasteiger partial charge in [0.05, 0.1) is 36.3 Å². The third kappa shape index (κ3) is 2.80. The first-order valence-corrected chi connectivity index (χ1v) is 7.31. The SMILES string of the molecule is C[C@H]1OCCN(C(=O)Nc2cn[nH]c2-c2ccccn2)[C@H]1C. The lowest BCUT2D eigenvalue weighted by atomic mass is 10.1. The zero-order valence-corrected chi connectivity index (χ0v) is 12.6. The zero-order chi connectivity index (χ0) is 15.5. The van der Waals surface area contributed by atoms with Gasteiger partial charge in [-0.25, -0.2) is 4.79 Å². The molecular weight excluding hydrogens is 282 g/mol. The van der Waals surface area contributed by atoms with Crippen molar-refractivity contribution in [2.24, 2.45) is 0 Å². The lowest BCUT2D eigenvalue weighted by molar-refractivity contribution is -0.0355. The highest BCUT2D eigenvalue weighted by molar-refractivity contribution is 5.93. The van der Waals surface area contributed by atoms with Crippen molar-refractivity contribution in [3.8, 4) is 11.4 Å². The molecule has 1 aliphatic rings. The Bertz CT molecular complexity index is 642. The molecule has 7 nitrogen and oxygen atoms in total. The summed E-state index contributed by atoms with van der Waals surface area (Å²) < 4.78 is 5.55. The maximum Gasteiger partial charge on any atom is 0.322 e. The van der Waals surface area contributed by atoms with Crippen LogP contribution in [0.15, 0.2) is 30.6 Å². The minimum absolute atomic E-state index is 0.0268. The number of hydrogen-bond donors (Lipinski definition) is 2. The van der Waals surface area contributed by atoms with Crippen molar-refractivity contribution in [2.75, 3.05) is 18.5 Å². The highest BCUT2D eigenvalue weighted by Gasteiger charge is 2.29. The van der Waals surface area contributed by atoms with E-state index in [0.29, 0.717) is 24.5 Å². The normalized spacial score (nSPS) is 21.6. The lowest BCUT2D eigenvalue weighted by Gasteiger charge is -2.37. The molecule has 0 unspecified atom stereocenters. The number of hydrogen-bond acceptors (Lipinski definition) is 4. The van der Waals surface area contributed by atoms with E-state index in [0.717, 1.165) is 5.69 Å². The van der Waals surface area contributed by atoms with Gasteiger partial charge in [0.25, 0.3) is 0 Å². The molecule has 2 aromatic rings. The minimum atomic E-state index is -0.152. The number of pyridine rings is 1. The molecule has 0 spiro atoms. The van der Waals surface area contributed by atoms with Crippen LogP contribution in [-0.2, 0) is 4.74 Å². The van der Waals surface area contributed by atoms with Crippen molar-refractivity contribution in [1.82, 2.24) is 20.1 Å². The number of carbonyl (C=O) groups excluding carboxylic acids is 1. The summed E-state index contributed by atoms with van der Waals surface area (Å²) in [5.74, 6) is 0. The number of morpholine rings is 1. The van der Waals surface area contributed by atoms with Gasteiger partial charge in [-0.15, -0.1) is 0 Å². The molecule has 1 fully saturated rings. The quantitative estimate of drug-likeness (QED) is 0.890. The molecule has 0 radical (unpaired) electrons. The van der Waals surface area contributed by atoms with Gasteiger partial charge in [-0.1, -0.05) is 6.07 Å². The van der Waals surface area contributed by atoms with Crippen LogP contribution in [0.25, 0.3) is 11.4 Å². The molecule has 2 N–H and O–H groups in total. The number of H-pyrrole nitrogens is 1. The Morgan fingerprint density at radius 2 is 2.32 bits per heavy atom. The fourth-order valence-corrected chi connectivity index (χ4v) is 2.49.